The van der Waals surface area contributed by atoms with E-state index >= 15 is 0 Å². The van der Waals surface area contributed by atoms with E-state index in [1.807, 2.05) is 18.2 Å². The van der Waals surface area contributed by atoms with Crippen molar-refractivity contribution in [3.8, 4) is 0 Å². The van der Waals surface area contributed by atoms with Crippen LogP contribution in [0.3, 0.4) is 0 Å². The van der Waals surface area contributed by atoms with Gasteiger partial charge in [-0.2, -0.15) is 0 Å². The van der Waals surface area contributed by atoms with Crippen molar-refractivity contribution in [1.82, 2.24) is 0 Å². The summed E-state index contributed by atoms with van der Waals surface area (Å²) in [5, 5.41) is 0. The SMILES string of the molecule is C=CCCC(F)(F)CCOCCCCc1ccccc1. The van der Waals surface area contributed by atoms with Crippen LogP contribution in [0, 0.1) is 0 Å². The summed E-state index contributed by atoms with van der Waals surface area (Å²) in [6.07, 6.45) is 4.50. The molecule has 0 aromatic heterocycles. The van der Waals surface area contributed by atoms with E-state index < -0.39 is 5.92 Å². The summed E-state index contributed by atoms with van der Waals surface area (Å²) in [5.74, 6) is -2.63. The first-order valence-corrected chi connectivity index (χ1v) is 7.24. The summed E-state index contributed by atoms with van der Waals surface area (Å²) in [7, 11) is 0. The molecule has 0 saturated carbocycles. The Morgan fingerprint density at radius 3 is 2.50 bits per heavy atom. The predicted molar refractivity (Wildman–Crippen MR) is 79.2 cm³/mol. The van der Waals surface area contributed by atoms with E-state index in [4.69, 9.17) is 4.74 Å². The highest BCUT2D eigenvalue weighted by Crippen LogP contribution is 2.24. The van der Waals surface area contributed by atoms with Gasteiger partial charge in [0.1, 0.15) is 0 Å². The van der Waals surface area contributed by atoms with Gasteiger partial charge in [0, 0.05) is 19.4 Å². The lowest BCUT2D eigenvalue weighted by atomic mass is 10.1. The summed E-state index contributed by atoms with van der Waals surface area (Å²) in [5.41, 5.74) is 1.31. The minimum absolute atomic E-state index is 0.131. The van der Waals surface area contributed by atoms with Crippen molar-refractivity contribution in [3.05, 3.63) is 48.6 Å². The highest BCUT2D eigenvalue weighted by atomic mass is 19.3. The van der Waals surface area contributed by atoms with Gasteiger partial charge in [-0.15, -0.1) is 6.58 Å². The van der Waals surface area contributed by atoms with Gasteiger partial charge in [0.15, 0.2) is 0 Å². The monoisotopic (exact) mass is 282 g/mol. The Bertz CT molecular complexity index is 363. The first kappa shape index (κ1) is 16.8. The largest absolute Gasteiger partial charge is 0.381 e. The molecule has 0 aliphatic rings. The summed E-state index contributed by atoms with van der Waals surface area (Å²) < 4.78 is 31.8. The van der Waals surface area contributed by atoms with Crippen LogP contribution in [-0.2, 0) is 11.2 Å². The van der Waals surface area contributed by atoms with Crippen LogP contribution >= 0.6 is 0 Å². The standard InChI is InChI=1S/C17H24F2O/c1-2-3-12-17(18,19)13-15-20-14-8-7-11-16-9-5-4-6-10-16/h2,4-6,9-10H,1,3,7-8,11-15H2. The van der Waals surface area contributed by atoms with Gasteiger partial charge in [0.25, 0.3) is 5.92 Å². The van der Waals surface area contributed by atoms with Gasteiger partial charge in [-0.3, -0.25) is 0 Å². The maximum Gasteiger partial charge on any atom is 0.250 e. The van der Waals surface area contributed by atoms with E-state index in [0.717, 1.165) is 19.3 Å². The molecule has 1 rings (SSSR count). The Hall–Kier alpha value is -1.22. The molecule has 0 aliphatic heterocycles. The molecule has 0 N–H and O–H groups in total. The third-order valence-corrected chi connectivity index (χ3v) is 3.17. The number of hydrogen-bond donors (Lipinski definition) is 0. The minimum Gasteiger partial charge on any atom is -0.381 e. The maximum absolute atomic E-state index is 13.3. The number of aryl methyl sites for hydroxylation is 1. The fourth-order valence-corrected chi connectivity index (χ4v) is 1.94. The number of hydrogen-bond acceptors (Lipinski definition) is 1. The Morgan fingerprint density at radius 2 is 1.80 bits per heavy atom. The Kier molecular flexibility index (Phi) is 8.12. The van der Waals surface area contributed by atoms with Gasteiger partial charge in [0.05, 0.1) is 6.61 Å². The first-order valence-electron chi connectivity index (χ1n) is 7.24. The van der Waals surface area contributed by atoms with E-state index in [-0.39, 0.29) is 19.4 Å². The van der Waals surface area contributed by atoms with Gasteiger partial charge in [-0.05, 0) is 31.2 Å². The van der Waals surface area contributed by atoms with Crippen LogP contribution in [0.4, 0.5) is 8.78 Å². The fraction of sp³-hybridized carbons (Fsp3) is 0.529. The Labute approximate surface area is 120 Å². The van der Waals surface area contributed by atoms with Gasteiger partial charge in [0.2, 0.25) is 0 Å². The van der Waals surface area contributed by atoms with Crippen LogP contribution in [0.1, 0.15) is 37.7 Å². The quantitative estimate of drug-likeness (QED) is 0.409. The molecule has 0 amide bonds. The summed E-state index contributed by atoms with van der Waals surface area (Å²) in [6, 6.07) is 10.2. The highest BCUT2D eigenvalue weighted by molar-refractivity contribution is 5.14. The molecule has 0 radical (unpaired) electrons. The van der Waals surface area contributed by atoms with E-state index in [0.29, 0.717) is 13.0 Å². The van der Waals surface area contributed by atoms with Gasteiger partial charge < -0.3 is 4.74 Å². The van der Waals surface area contributed by atoms with Gasteiger partial charge >= 0.3 is 0 Å². The normalized spacial score (nSPS) is 11.5. The third kappa shape index (κ3) is 8.05. The number of rotatable bonds is 11. The smallest absolute Gasteiger partial charge is 0.250 e. The van der Waals surface area contributed by atoms with Crippen LogP contribution in [0.2, 0.25) is 0 Å². The highest BCUT2D eigenvalue weighted by Gasteiger charge is 2.26. The number of unbranched alkanes of at least 4 members (excludes halogenated alkanes) is 1. The number of halogens is 2. The molecule has 0 heterocycles. The molecule has 1 nitrogen and oxygen atoms in total. The van der Waals surface area contributed by atoms with E-state index in [2.05, 4.69) is 18.7 Å². The second kappa shape index (κ2) is 9.65. The lowest BCUT2D eigenvalue weighted by Crippen LogP contribution is -2.18. The van der Waals surface area contributed by atoms with Crippen molar-refractivity contribution in [2.24, 2.45) is 0 Å². The molecule has 1 aromatic rings. The average Bonchev–Trinajstić information content (AvgIpc) is 2.45. The van der Waals surface area contributed by atoms with Crippen LogP contribution in [0.15, 0.2) is 43.0 Å². The molecule has 0 atom stereocenters. The van der Waals surface area contributed by atoms with Crippen molar-refractivity contribution in [1.29, 1.82) is 0 Å². The molecule has 0 aliphatic carbocycles. The summed E-state index contributed by atoms with van der Waals surface area (Å²) in [6.45, 7) is 4.15. The fourth-order valence-electron chi connectivity index (χ4n) is 1.94. The zero-order valence-corrected chi connectivity index (χ0v) is 12.0. The first-order chi connectivity index (χ1) is 9.64. The van der Waals surface area contributed by atoms with Crippen LogP contribution in [-0.4, -0.2) is 19.1 Å². The molecule has 0 unspecified atom stereocenters. The third-order valence-electron chi connectivity index (χ3n) is 3.17. The van der Waals surface area contributed by atoms with Crippen molar-refractivity contribution in [2.45, 2.75) is 44.4 Å². The van der Waals surface area contributed by atoms with Gasteiger partial charge in [-0.1, -0.05) is 36.4 Å². The molecule has 20 heavy (non-hydrogen) atoms. The number of alkyl halides is 2. The van der Waals surface area contributed by atoms with Crippen molar-refractivity contribution >= 4 is 0 Å². The van der Waals surface area contributed by atoms with Crippen LogP contribution in [0.25, 0.3) is 0 Å². The Morgan fingerprint density at radius 1 is 1.05 bits per heavy atom. The number of ether oxygens (including phenoxy) is 1. The number of benzene rings is 1. The minimum atomic E-state index is -2.63. The van der Waals surface area contributed by atoms with Crippen LogP contribution < -0.4 is 0 Å². The average molecular weight is 282 g/mol. The topological polar surface area (TPSA) is 9.23 Å². The molecule has 0 fully saturated rings. The molecular weight excluding hydrogens is 258 g/mol. The van der Waals surface area contributed by atoms with E-state index in [9.17, 15) is 8.78 Å². The molecule has 0 spiro atoms. The number of allylic oxidation sites excluding steroid dienone is 1. The van der Waals surface area contributed by atoms with Crippen molar-refractivity contribution in [3.63, 3.8) is 0 Å². The summed E-state index contributed by atoms with van der Waals surface area (Å²) in [4.78, 5) is 0. The van der Waals surface area contributed by atoms with Crippen LogP contribution in [0.5, 0.6) is 0 Å². The predicted octanol–water partition coefficient (Wildman–Crippen LogP) is 5.02. The van der Waals surface area contributed by atoms with E-state index in [1.54, 1.807) is 0 Å². The molecule has 1 aromatic carbocycles. The van der Waals surface area contributed by atoms with Crippen molar-refractivity contribution in [2.75, 3.05) is 13.2 Å². The second-order valence-corrected chi connectivity index (χ2v) is 4.99. The molecular formula is C17H24F2O. The van der Waals surface area contributed by atoms with E-state index in [1.165, 1.54) is 11.6 Å². The zero-order chi connectivity index (χ0) is 14.7. The lowest BCUT2D eigenvalue weighted by Gasteiger charge is -2.15. The summed E-state index contributed by atoms with van der Waals surface area (Å²) >= 11 is 0. The molecule has 0 saturated heterocycles. The zero-order valence-electron chi connectivity index (χ0n) is 12.0. The maximum atomic E-state index is 13.3. The molecule has 0 bridgehead atoms. The second-order valence-electron chi connectivity index (χ2n) is 4.99. The lowest BCUT2D eigenvalue weighted by molar-refractivity contribution is -0.0392. The molecule has 112 valence electrons. The Balaban J connectivity index is 1.98. The van der Waals surface area contributed by atoms with Crippen molar-refractivity contribution < 1.29 is 13.5 Å². The molecule has 3 heteroatoms. The van der Waals surface area contributed by atoms with Gasteiger partial charge in [-0.25, -0.2) is 8.78 Å².